The Bertz CT molecular complexity index is 407. The number of rotatable bonds is 10. The third-order valence-electron chi connectivity index (χ3n) is 3.22. The second kappa shape index (κ2) is 10.1. The molecule has 0 aliphatic heterocycles. The van der Waals surface area contributed by atoms with E-state index in [0.717, 1.165) is 5.56 Å². The van der Waals surface area contributed by atoms with E-state index in [-0.39, 0.29) is 0 Å². The minimum Gasteiger partial charge on any atom is -0.385 e. The van der Waals surface area contributed by atoms with Gasteiger partial charge in [0.05, 0.1) is 6.21 Å². The lowest BCUT2D eigenvalue weighted by molar-refractivity contribution is 0.607. The van der Waals surface area contributed by atoms with Gasteiger partial charge >= 0.3 is 0 Å². The molecule has 1 aromatic carbocycles. The van der Waals surface area contributed by atoms with Crippen LogP contribution in [-0.4, -0.2) is 6.21 Å². The van der Waals surface area contributed by atoms with E-state index in [0.29, 0.717) is 5.82 Å². The smallest absolute Gasteiger partial charge is 0.109 e. The number of hydrogen-bond acceptors (Lipinski definition) is 3. The Balaban J connectivity index is 2.24. The van der Waals surface area contributed by atoms with Crippen LogP contribution in [0.15, 0.2) is 41.8 Å². The summed E-state index contributed by atoms with van der Waals surface area (Å²) in [5.41, 5.74) is 10.4. The van der Waals surface area contributed by atoms with Gasteiger partial charge in [0.2, 0.25) is 0 Å². The average Bonchev–Trinajstić information content (AvgIpc) is 2.44. The van der Waals surface area contributed by atoms with Crippen LogP contribution in [0.5, 0.6) is 0 Å². The summed E-state index contributed by atoms with van der Waals surface area (Å²) in [5, 5.41) is 3.98. The van der Waals surface area contributed by atoms with Gasteiger partial charge in [-0.05, 0) is 24.0 Å². The molecule has 0 radical (unpaired) electrons. The molecule has 0 amide bonds. The summed E-state index contributed by atoms with van der Waals surface area (Å²) in [7, 11) is 0. The van der Waals surface area contributed by atoms with Crippen LogP contribution >= 0.6 is 0 Å². The predicted octanol–water partition coefficient (Wildman–Crippen LogP) is 3.94. The Kier molecular flexibility index (Phi) is 8.20. The van der Waals surface area contributed by atoms with Crippen molar-refractivity contribution in [2.75, 3.05) is 0 Å². The van der Waals surface area contributed by atoms with Crippen molar-refractivity contribution in [2.24, 2.45) is 10.8 Å². The minimum atomic E-state index is 0.348. The van der Waals surface area contributed by atoms with Gasteiger partial charge in [0, 0.05) is 0 Å². The van der Waals surface area contributed by atoms with Crippen LogP contribution in [0.3, 0.4) is 0 Å². The second-order valence-electron chi connectivity index (χ2n) is 5.15. The molecule has 0 aliphatic rings. The predicted molar refractivity (Wildman–Crippen MR) is 87.6 cm³/mol. The fraction of sp³-hybridized carbons (Fsp3) is 0.471. The monoisotopic (exact) mass is 273 g/mol. The minimum absolute atomic E-state index is 0.348. The number of hydrogen-bond donors (Lipinski definition) is 2. The average molecular weight is 273 g/mol. The lowest BCUT2D eigenvalue weighted by Gasteiger charge is -2.03. The third kappa shape index (κ3) is 7.62. The number of aryl methyl sites for hydroxylation is 1. The van der Waals surface area contributed by atoms with Crippen molar-refractivity contribution >= 4 is 6.21 Å². The van der Waals surface area contributed by atoms with Crippen molar-refractivity contribution in [3.05, 3.63) is 47.8 Å². The molecule has 0 unspecified atom stereocenters. The van der Waals surface area contributed by atoms with Crippen molar-refractivity contribution in [2.45, 2.75) is 51.9 Å². The molecule has 1 aromatic rings. The molecule has 0 saturated heterocycles. The van der Waals surface area contributed by atoms with E-state index in [2.05, 4.69) is 48.3 Å². The lowest BCUT2D eigenvalue weighted by atomic mass is 10.0. The van der Waals surface area contributed by atoms with Gasteiger partial charge in [0.15, 0.2) is 0 Å². The number of hydrazone groups is 1. The molecule has 20 heavy (non-hydrogen) atoms. The lowest BCUT2D eigenvalue weighted by Crippen LogP contribution is -2.12. The van der Waals surface area contributed by atoms with Crippen LogP contribution in [0.4, 0.5) is 0 Å². The maximum absolute atomic E-state index is 5.36. The highest BCUT2D eigenvalue weighted by Gasteiger charge is 1.95. The molecular formula is C17H27N3. The zero-order valence-electron chi connectivity index (χ0n) is 12.6. The van der Waals surface area contributed by atoms with E-state index in [1.165, 1.54) is 50.5 Å². The van der Waals surface area contributed by atoms with Gasteiger partial charge in [0.1, 0.15) is 5.82 Å². The molecule has 0 saturated carbocycles. The van der Waals surface area contributed by atoms with E-state index in [9.17, 15) is 0 Å². The van der Waals surface area contributed by atoms with Crippen LogP contribution in [0.1, 0.15) is 56.6 Å². The van der Waals surface area contributed by atoms with Gasteiger partial charge in [-0.1, -0.05) is 69.9 Å². The Labute approximate surface area is 123 Å². The maximum Gasteiger partial charge on any atom is 0.109 e. The molecular weight excluding hydrogens is 246 g/mol. The summed E-state index contributed by atoms with van der Waals surface area (Å²) < 4.78 is 0. The van der Waals surface area contributed by atoms with Crippen molar-refractivity contribution in [1.29, 1.82) is 0 Å². The zero-order valence-corrected chi connectivity index (χ0v) is 12.6. The maximum atomic E-state index is 5.36. The summed E-state index contributed by atoms with van der Waals surface area (Å²) >= 11 is 0. The van der Waals surface area contributed by atoms with E-state index < -0.39 is 0 Å². The highest BCUT2D eigenvalue weighted by molar-refractivity contribution is 5.79. The first-order valence-electron chi connectivity index (χ1n) is 7.54. The third-order valence-corrected chi connectivity index (χ3v) is 3.22. The van der Waals surface area contributed by atoms with Crippen molar-refractivity contribution in [3.63, 3.8) is 0 Å². The fourth-order valence-electron chi connectivity index (χ4n) is 2.07. The second-order valence-corrected chi connectivity index (χ2v) is 5.15. The summed E-state index contributed by atoms with van der Waals surface area (Å²) in [4.78, 5) is 0. The molecule has 110 valence electrons. The number of benzene rings is 1. The van der Waals surface area contributed by atoms with Gasteiger partial charge in [-0.3, -0.25) is 5.43 Å². The van der Waals surface area contributed by atoms with Gasteiger partial charge in [-0.25, -0.2) is 0 Å². The molecule has 0 spiro atoms. The molecule has 3 heteroatoms. The van der Waals surface area contributed by atoms with Crippen LogP contribution in [-0.2, 0) is 6.42 Å². The Morgan fingerprint density at radius 2 is 1.80 bits per heavy atom. The molecule has 0 bridgehead atoms. The summed E-state index contributed by atoms with van der Waals surface area (Å²) in [6.45, 7) is 5.77. The highest BCUT2D eigenvalue weighted by atomic mass is 15.3. The SMILES string of the molecule is C=C(N)N/N=C/c1ccc(CCCCCCCC)cc1. The van der Waals surface area contributed by atoms with E-state index in [4.69, 9.17) is 5.73 Å². The van der Waals surface area contributed by atoms with Crippen LogP contribution < -0.4 is 11.2 Å². The summed E-state index contributed by atoms with van der Waals surface area (Å²) in [6.07, 6.45) is 11.0. The molecule has 0 aromatic heterocycles. The first-order chi connectivity index (χ1) is 9.72. The molecule has 0 aliphatic carbocycles. The highest BCUT2D eigenvalue weighted by Crippen LogP contribution is 2.10. The van der Waals surface area contributed by atoms with E-state index >= 15 is 0 Å². The fourth-order valence-corrected chi connectivity index (χ4v) is 2.07. The Morgan fingerprint density at radius 1 is 1.15 bits per heavy atom. The van der Waals surface area contributed by atoms with Crippen molar-refractivity contribution in [1.82, 2.24) is 5.43 Å². The molecule has 0 fully saturated rings. The number of nitrogens with zero attached hydrogens (tertiary/aromatic N) is 1. The first-order valence-corrected chi connectivity index (χ1v) is 7.54. The molecule has 3 N–H and O–H groups in total. The van der Waals surface area contributed by atoms with Gasteiger partial charge in [-0.2, -0.15) is 5.10 Å². The van der Waals surface area contributed by atoms with Crippen molar-refractivity contribution < 1.29 is 0 Å². The Morgan fingerprint density at radius 3 is 2.45 bits per heavy atom. The number of nitrogens with two attached hydrogens (primary N) is 1. The van der Waals surface area contributed by atoms with E-state index in [1.54, 1.807) is 6.21 Å². The molecule has 1 rings (SSSR count). The molecule has 3 nitrogen and oxygen atoms in total. The number of unbranched alkanes of at least 4 members (excludes halogenated alkanes) is 5. The van der Waals surface area contributed by atoms with E-state index in [1.807, 2.05) is 0 Å². The van der Waals surface area contributed by atoms with Gasteiger partial charge in [0.25, 0.3) is 0 Å². The molecule has 0 heterocycles. The van der Waals surface area contributed by atoms with Crippen LogP contribution in [0, 0.1) is 0 Å². The summed E-state index contributed by atoms with van der Waals surface area (Å²) in [6, 6.07) is 8.50. The van der Waals surface area contributed by atoms with Gasteiger partial charge in [-0.15, -0.1) is 0 Å². The summed E-state index contributed by atoms with van der Waals surface area (Å²) in [5.74, 6) is 0.348. The Hall–Kier alpha value is -1.77. The van der Waals surface area contributed by atoms with Crippen molar-refractivity contribution in [3.8, 4) is 0 Å². The molecule has 0 atom stereocenters. The van der Waals surface area contributed by atoms with Crippen LogP contribution in [0.2, 0.25) is 0 Å². The zero-order chi connectivity index (χ0) is 14.6. The van der Waals surface area contributed by atoms with Gasteiger partial charge < -0.3 is 5.73 Å². The standard InChI is InChI=1S/C17H27N3/c1-3-4-5-6-7-8-9-16-10-12-17(13-11-16)14-19-20-15(2)18/h10-14,20H,2-9,18H2,1H3/b19-14+. The largest absolute Gasteiger partial charge is 0.385 e. The first kappa shape index (κ1) is 16.3. The quantitative estimate of drug-likeness (QED) is 0.385. The normalized spacial score (nSPS) is 10.8. The van der Waals surface area contributed by atoms with Crippen LogP contribution in [0.25, 0.3) is 0 Å². The topological polar surface area (TPSA) is 50.4 Å². The number of nitrogens with one attached hydrogen (secondary N) is 1.